The molecular weight excluding hydrogens is 350 g/mol. The molecule has 0 unspecified atom stereocenters. The maximum atomic E-state index is 13.0. The van der Waals surface area contributed by atoms with Gasteiger partial charge >= 0.3 is 0 Å². The van der Waals surface area contributed by atoms with Crippen molar-refractivity contribution in [3.05, 3.63) is 34.9 Å². The summed E-state index contributed by atoms with van der Waals surface area (Å²) in [7, 11) is 0. The lowest BCUT2D eigenvalue weighted by atomic mass is 10.0. The number of amides is 1. The van der Waals surface area contributed by atoms with Crippen molar-refractivity contribution in [2.75, 3.05) is 43.9 Å². The summed E-state index contributed by atoms with van der Waals surface area (Å²) in [4.78, 5) is 17.5. The van der Waals surface area contributed by atoms with Gasteiger partial charge in [0.2, 0.25) is 0 Å². The second kappa shape index (κ2) is 9.86. The number of piperazine rings is 1. The molecule has 1 heterocycles. The third kappa shape index (κ3) is 5.39. The number of rotatable bonds is 7. The highest BCUT2D eigenvalue weighted by molar-refractivity contribution is 7.98. The minimum absolute atomic E-state index is 0.0846. The zero-order valence-corrected chi connectivity index (χ0v) is 17.3. The minimum Gasteiger partial charge on any atom is -0.336 e. The summed E-state index contributed by atoms with van der Waals surface area (Å²) in [6, 6.07) is 6.44. The van der Waals surface area contributed by atoms with Crippen LogP contribution in [-0.4, -0.2) is 71.7 Å². The number of hydrogen-bond donors (Lipinski definition) is 2. The van der Waals surface area contributed by atoms with Crippen molar-refractivity contribution in [3.63, 3.8) is 0 Å². The summed E-state index contributed by atoms with van der Waals surface area (Å²) in [5.74, 6) is 1.95. The molecule has 0 bridgehead atoms. The minimum atomic E-state index is 0.0846. The third-order valence-corrected chi connectivity index (χ3v) is 6.20. The number of carbonyl (C=O) groups excluding carboxylic acids is 1. The van der Waals surface area contributed by atoms with E-state index in [0.717, 1.165) is 49.5 Å². The lowest BCUT2D eigenvalue weighted by Gasteiger charge is -2.42. The summed E-state index contributed by atoms with van der Waals surface area (Å²) >= 11 is 6.17. The van der Waals surface area contributed by atoms with Gasteiger partial charge in [0.15, 0.2) is 0 Å². The van der Waals surface area contributed by atoms with Gasteiger partial charge in [-0.2, -0.15) is 24.4 Å². The van der Waals surface area contributed by atoms with E-state index in [0.29, 0.717) is 11.8 Å². The van der Waals surface area contributed by atoms with Crippen molar-refractivity contribution in [1.29, 1.82) is 0 Å². The molecule has 0 aromatic heterocycles. The van der Waals surface area contributed by atoms with E-state index in [1.807, 2.05) is 35.7 Å². The van der Waals surface area contributed by atoms with Crippen molar-refractivity contribution in [3.8, 4) is 0 Å². The first-order valence-corrected chi connectivity index (χ1v) is 11.0. The molecule has 2 rings (SSSR count). The molecule has 140 valence electrons. The molecule has 1 saturated heterocycles. The number of nitrogens with two attached hydrogens (primary N) is 1. The Balaban J connectivity index is 2.10. The van der Waals surface area contributed by atoms with Crippen LogP contribution < -0.4 is 5.73 Å². The molecule has 1 amide bonds. The van der Waals surface area contributed by atoms with E-state index in [9.17, 15) is 4.79 Å². The normalized spacial score (nSPS) is 19.9. The molecule has 1 aromatic rings. The lowest BCUT2D eigenvalue weighted by Crippen LogP contribution is -2.57. The average Bonchev–Trinajstić information content (AvgIpc) is 2.62. The van der Waals surface area contributed by atoms with Gasteiger partial charge in [0, 0.05) is 49.6 Å². The van der Waals surface area contributed by atoms with E-state index < -0.39 is 0 Å². The first-order chi connectivity index (χ1) is 12.0. The Morgan fingerprint density at radius 2 is 2.16 bits per heavy atom. The van der Waals surface area contributed by atoms with Crippen molar-refractivity contribution in [1.82, 2.24) is 9.80 Å². The van der Waals surface area contributed by atoms with Gasteiger partial charge in [0.05, 0.1) is 0 Å². The van der Waals surface area contributed by atoms with E-state index >= 15 is 0 Å². The van der Waals surface area contributed by atoms with Crippen LogP contribution in [0.3, 0.4) is 0 Å². The van der Waals surface area contributed by atoms with Gasteiger partial charge < -0.3 is 10.6 Å². The van der Waals surface area contributed by atoms with Crippen LogP contribution in [0.25, 0.3) is 0 Å². The molecular formula is C19H31N3OS2. The van der Waals surface area contributed by atoms with E-state index in [1.54, 1.807) is 0 Å². The summed E-state index contributed by atoms with van der Waals surface area (Å²) in [6.45, 7) is 7.39. The summed E-state index contributed by atoms with van der Waals surface area (Å²) in [6.07, 6.45) is 3.21. The number of nitrogens with zero attached hydrogens (tertiary/aromatic N) is 2. The predicted molar refractivity (Wildman–Crippen MR) is 112 cm³/mol. The number of benzene rings is 1. The molecule has 1 aliphatic rings. The molecule has 4 nitrogen and oxygen atoms in total. The van der Waals surface area contributed by atoms with Gasteiger partial charge in [0.1, 0.15) is 0 Å². The highest BCUT2D eigenvalue weighted by Gasteiger charge is 2.30. The maximum absolute atomic E-state index is 13.0. The molecule has 6 heteroatoms. The van der Waals surface area contributed by atoms with Gasteiger partial charge in [-0.05, 0) is 49.5 Å². The second-order valence-electron chi connectivity index (χ2n) is 6.87. The van der Waals surface area contributed by atoms with Crippen LogP contribution in [0.15, 0.2) is 18.2 Å². The first kappa shape index (κ1) is 20.6. The Morgan fingerprint density at radius 3 is 2.84 bits per heavy atom. The van der Waals surface area contributed by atoms with Crippen LogP contribution in [0.4, 0.5) is 0 Å². The monoisotopic (exact) mass is 381 g/mol. The van der Waals surface area contributed by atoms with Gasteiger partial charge in [-0.3, -0.25) is 9.69 Å². The standard InChI is InChI=1S/C19H31N3OS2/c1-14-5-4-6-18(15(14)2)19(23)22-9-8-21(11-16(20)13-24)17(12-22)7-10-25-3/h4-6,16-17,24H,7-13,20H2,1-3H3/t16-,17+/m1/s1. The van der Waals surface area contributed by atoms with E-state index in [1.165, 1.54) is 5.56 Å². The maximum Gasteiger partial charge on any atom is 0.254 e. The van der Waals surface area contributed by atoms with Crippen molar-refractivity contribution in [2.45, 2.75) is 32.4 Å². The highest BCUT2D eigenvalue weighted by Crippen LogP contribution is 2.20. The number of aryl methyl sites for hydroxylation is 1. The van der Waals surface area contributed by atoms with Crippen LogP contribution in [0.5, 0.6) is 0 Å². The summed E-state index contributed by atoms with van der Waals surface area (Å²) in [5, 5.41) is 0. The molecule has 1 fully saturated rings. The molecule has 0 spiro atoms. The van der Waals surface area contributed by atoms with E-state index in [4.69, 9.17) is 5.73 Å². The molecule has 2 atom stereocenters. The van der Waals surface area contributed by atoms with Crippen LogP contribution in [0.2, 0.25) is 0 Å². The lowest BCUT2D eigenvalue weighted by molar-refractivity contribution is 0.0465. The van der Waals surface area contributed by atoms with Gasteiger partial charge in [-0.25, -0.2) is 0 Å². The van der Waals surface area contributed by atoms with Crippen molar-refractivity contribution in [2.24, 2.45) is 5.73 Å². The van der Waals surface area contributed by atoms with E-state index in [-0.39, 0.29) is 11.9 Å². The summed E-state index contributed by atoms with van der Waals surface area (Å²) < 4.78 is 0. The largest absolute Gasteiger partial charge is 0.336 e. The van der Waals surface area contributed by atoms with Crippen LogP contribution in [-0.2, 0) is 0 Å². The Kier molecular flexibility index (Phi) is 8.13. The predicted octanol–water partition coefficient (Wildman–Crippen LogP) is 2.44. The third-order valence-electron chi connectivity index (χ3n) is 5.09. The van der Waals surface area contributed by atoms with Crippen LogP contribution in [0.1, 0.15) is 27.9 Å². The average molecular weight is 382 g/mol. The van der Waals surface area contributed by atoms with E-state index in [2.05, 4.69) is 36.8 Å². The quantitative estimate of drug-likeness (QED) is 0.712. The second-order valence-corrected chi connectivity index (χ2v) is 8.22. The van der Waals surface area contributed by atoms with Gasteiger partial charge in [-0.1, -0.05) is 12.1 Å². The number of thiol groups is 1. The molecule has 1 aromatic carbocycles. The number of hydrogen-bond acceptors (Lipinski definition) is 5. The topological polar surface area (TPSA) is 49.6 Å². The Labute approximate surface area is 161 Å². The molecule has 1 aliphatic heterocycles. The van der Waals surface area contributed by atoms with Crippen LogP contribution in [0, 0.1) is 13.8 Å². The number of thioether (sulfide) groups is 1. The van der Waals surface area contributed by atoms with Crippen molar-refractivity contribution >= 4 is 30.3 Å². The Bertz CT molecular complexity index is 582. The Morgan fingerprint density at radius 1 is 1.40 bits per heavy atom. The molecule has 0 saturated carbocycles. The van der Waals surface area contributed by atoms with Gasteiger partial charge in [0.25, 0.3) is 5.91 Å². The molecule has 2 N–H and O–H groups in total. The fourth-order valence-electron chi connectivity index (χ4n) is 3.36. The first-order valence-electron chi connectivity index (χ1n) is 8.92. The zero-order valence-electron chi connectivity index (χ0n) is 15.6. The number of carbonyl (C=O) groups is 1. The SMILES string of the molecule is CSCC[C@H]1CN(C(=O)c2cccc(C)c2C)CCN1C[C@@H](N)CS. The molecule has 0 aliphatic carbocycles. The zero-order chi connectivity index (χ0) is 18.4. The van der Waals surface area contributed by atoms with Crippen molar-refractivity contribution < 1.29 is 4.79 Å². The van der Waals surface area contributed by atoms with Gasteiger partial charge in [-0.15, -0.1) is 0 Å². The smallest absolute Gasteiger partial charge is 0.254 e. The Hall–Kier alpha value is -0.690. The van der Waals surface area contributed by atoms with Crippen LogP contribution >= 0.6 is 24.4 Å². The summed E-state index contributed by atoms with van der Waals surface area (Å²) in [5.41, 5.74) is 9.21. The fraction of sp³-hybridized carbons (Fsp3) is 0.632. The fourth-order valence-corrected chi connectivity index (χ4v) is 3.98. The highest BCUT2D eigenvalue weighted by atomic mass is 32.2. The molecule has 25 heavy (non-hydrogen) atoms. The molecule has 0 radical (unpaired) electrons.